The van der Waals surface area contributed by atoms with E-state index in [0.717, 1.165) is 40.1 Å². The van der Waals surface area contributed by atoms with E-state index in [-0.39, 0.29) is 0 Å². The second-order valence-electron chi connectivity index (χ2n) is 4.26. The molecule has 0 bridgehead atoms. The first kappa shape index (κ1) is 14.4. The maximum atomic E-state index is 6.29. The number of aromatic nitrogens is 3. The van der Waals surface area contributed by atoms with Crippen LogP contribution in [0.2, 0.25) is 5.02 Å². The van der Waals surface area contributed by atoms with Gasteiger partial charge in [0.25, 0.3) is 0 Å². The molecule has 6 heteroatoms. The molecule has 1 aromatic heterocycles. The molecule has 0 aliphatic heterocycles. The lowest BCUT2D eigenvalue weighted by Gasteiger charge is -2.07. The van der Waals surface area contributed by atoms with Crippen LogP contribution in [0, 0.1) is 0 Å². The molecule has 1 aromatic carbocycles. The van der Waals surface area contributed by atoms with Gasteiger partial charge in [-0.3, -0.25) is 0 Å². The fraction of sp³-hybridized carbons (Fsp3) is 0.385. The third kappa shape index (κ3) is 3.96. The fourth-order valence-corrected chi connectivity index (χ4v) is 2.72. The summed E-state index contributed by atoms with van der Waals surface area (Å²) in [6.07, 6.45) is 2.81. The molecule has 0 unspecified atom stereocenters. The maximum absolute atomic E-state index is 6.29. The highest BCUT2D eigenvalue weighted by molar-refractivity contribution is 7.99. The molecular weight excluding hydrogens is 280 g/mol. The standard InChI is InChI=1S/C13H17ClN4S/c1-3-6-15-8-10-4-5-11(7-12(10)14)19-13-17-16-9-18(13)2/h4-5,7,9,15H,3,6,8H2,1-2H3. The van der Waals surface area contributed by atoms with Gasteiger partial charge in [-0.15, -0.1) is 10.2 Å². The molecule has 0 aliphatic rings. The molecule has 0 fully saturated rings. The van der Waals surface area contributed by atoms with Crippen molar-refractivity contribution < 1.29 is 0 Å². The molecule has 2 aromatic rings. The normalized spacial score (nSPS) is 10.9. The maximum Gasteiger partial charge on any atom is 0.195 e. The van der Waals surface area contributed by atoms with Gasteiger partial charge in [-0.05, 0) is 42.4 Å². The molecule has 0 aliphatic carbocycles. The summed E-state index contributed by atoms with van der Waals surface area (Å²) in [5.41, 5.74) is 1.12. The Bertz CT molecular complexity index is 541. The number of rotatable bonds is 6. The van der Waals surface area contributed by atoms with Crippen molar-refractivity contribution in [2.45, 2.75) is 29.9 Å². The minimum atomic E-state index is 0.788. The highest BCUT2D eigenvalue weighted by Gasteiger charge is 2.06. The highest BCUT2D eigenvalue weighted by atomic mass is 35.5. The van der Waals surface area contributed by atoms with Gasteiger partial charge in [-0.25, -0.2) is 0 Å². The smallest absolute Gasteiger partial charge is 0.195 e. The summed E-state index contributed by atoms with van der Waals surface area (Å²) in [6, 6.07) is 6.10. The monoisotopic (exact) mass is 296 g/mol. The van der Waals surface area contributed by atoms with Crippen LogP contribution in [0.25, 0.3) is 0 Å². The number of aryl methyl sites for hydroxylation is 1. The Kier molecular flexibility index (Phi) is 5.24. The molecule has 102 valence electrons. The molecule has 0 radical (unpaired) electrons. The number of nitrogens with one attached hydrogen (secondary N) is 1. The Morgan fingerprint density at radius 1 is 1.42 bits per heavy atom. The van der Waals surface area contributed by atoms with E-state index in [0.29, 0.717) is 0 Å². The van der Waals surface area contributed by atoms with E-state index in [1.165, 1.54) is 0 Å². The van der Waals surface area contributed by atoms with Crippen LogP contribution < -0.4 is 5.32 Å². The number of benzene rings is 1. The Balaban J connectivity index is 2.04. The predicted molar refractivity (Wildman–Crippen MR) is 78.6 cm³/mol. The molecule has 1 N–H and O–H groups in total. The molecular formula is C13H17ClN4S. The van der Waals surface area contributed by atoms with Crippen molar-refractivity contribution in [1.82, 2.24) is 20.1 Å². The molecule has 19 heavy (non-hydrogen) atoms. The van der Waals surface area contributed by atoms with Gasteiger partial charge in [0.2, 0.25) is 0 Å². The average molecular weight is 297 g/mol. The minimum absolute atomic E-state index is 0.788. The van der Waals surface area contributed by atoms with E-state index >= 15 is 0 Å². The van der Waals surface area contributed by atoms with Gasteiger partial charge < -0.3 is 9.88 Å². The number of hydrogen-bond acceptors (Lipinski definition) is 4. The van der Waals surface area contributed by atoms with E-state index < -0.39 is 0 Å². The molecule has 0 amide bonds. The van der Waals surface area contributed by atoms with Crippen LogP contribution in [0.15, 0.2) is 34.6 Å². The van der Waals surface area contributed by atoms with Crippen LogP contribution in [0.5, 0.6) is 0 Å². The summed E-state index contributed by atoms with van der Waals surface area (Å²) in [5.74, 6) is 0. The van der Waals surface area contributed by atoms with E-state index in [1.807, 2.05) is 17.7 Å². The largest absolute Gasteiger partial charge is 0.313 e. The Labute approximate surface area is 122 Å². The van der Waals surface area contributed by atoms with Gasteiger partial charge in [0.05, 0.1) is 0 Å². The Morgan fingerprint density at radius 2 is 2.26 bits per heavy atom. The second-order valence-corrected chi connectivity index (χ2v) is 5.70. The van der Waals surface area contributed by atoms with Gasteiger partial charge in [-0.1, -0.05) is 24.6 Å². The first-order valence-corrected chi connectivity index (χ1v) is 7.41. The first-order valence-electron chi connectivity index (χ1n) is 6.21. The zero-order chi connectivity index (χ0) is 13.7. The van der Waals surface area contributed by atoms with Crippen molar-refractivity contribution in [1.29, 1.82) is 0 Å². The van der Waals surface area contributed by atoms with Crippen molar-refractivity contribution in [3.05, 3.63) is 35.1 Å². The average Bonchev–Trinajstić information content (AvgIpc) is 2.78. The van der Waals surface area contributed by atoms with Gasteiger partial charge >= 0.3 is 0 Å². The summed E-state index contributed by atoms with van der Waals surface area (Å²) in [5, 5.41) is 12.9. The van der Waals surface area contributed by atoms with E-state index in [1.54, 1.807) is 18.1 Å². The summed E-state index contributed by atoms with van der Waals surface area (Å²) < 4.78 is 1.88. The van der Waals surface area contributed by atoms with E-state index in [9.17, 15) is 0 Å². The first-order chi connectivity index (χ1) is 9.20. The van der Waals surface area contributed by atoms with Crippen molar-refractivity contribution in [3.63, 3.8) is 0 Å². The molecule has 2 rings (SSSR count). The summed E-state index contributed by atoms with van der Waals surface area (Å²) in [4.78, 5) is 1.07. The molecule has 0 spiro atoms. The molecule has 0 atom stereocenters. The topological polar surface area (TPSA) is 42.7 Å². The second kappa shape index (κ2) is 6.93. The zero-order valence-electron chi connectivity index (χ0n) is 11.1. The van der Waals surface area contributed by atoms with Gasteiger partial charge in [0, 0.05) is 23.5 Å². The Morgan fingerprint density at radius 3 is 2.89 bits per heavy atom. The van der Waals surface area contributed by atoms with Crippen molar-refractivity contribution in [3.8, 4) is 0 Å². The van der Waals surface area contributed by atoms with Gasteiger partial charge in [0.1, 0.15) is 6.33 Å². The van der Waals surface area contributed by atoms with Crippen LogP contribution in [-0.4, -0.2) is 21.3 Å². The molecule has 0 saturated heterocycles. The summed E-state index contributed by atoms with van der Waals surface area (Å²) in [7, 11) is 1.92. The SMILES string of the molecule is CCCNCc1ccc(Sc2nncn2C)cc1Cl. The minimum Gasteiger partial charge on any atom is -0.313 e. The van der Waals surface area contributed by atoms with E-state index in [4.69, 9.17) is 11.6 Å². The van der Waals surface area contributed by atoms with Gasteiger partial charge in [-0.2, -0.15) is 0 Å². The molecule has 4 nitrogen and oxygen atoms in total. The van der Waals surface area contributed by atoms with Crippen molar-refractivity contribution in [2.24, 2.45) is 7.05 Å². The number of hydrogen-bond donors (Lipinski definition) is 1. The van der Waals surface area contributed by atoms with Crippen LogP contribution in [-0.2, 0) is 13.6 Å². The van der Waals surface area contributed by atoms with Crippen LogP contribution in [0.4, 0.5) is 0 Å². The van der Waals surface area contributed by atoms with Crippen LogP contribution in [0.1, 0.15) is 18.9 Å². The van der Waals surface area contributed by atoms with Crippen molar-refractivity contribution >= 4 is 23.4 Å². The number of halogens is 1. The van der Waals surface area contributed by atoms with Crippen LogP contribution in [0.3, 0.4) is 0 Å². The lowest BCUT2D eigenvalue weighted by Crippen LogP contribution is -2.13. The molecule has 1 heterocycles. The third-order valence-electron chi connectivity index (χ3n) is 2.65. The lowest BCUT2D eigenvalue weighted by molar-refractivity contribution is 0.675. The number of nitrogens with zero attached hydrogens (tertiary/aromatic N) is 3. The van der Waals surface area contributed by atoms with Gasteiger partial charge in [0.15, 0.2) is 5.16 Å². The quantitative estimate of drug-likeness (QED) is 0.832. The fourth-order valence-electron chi connectivity index (χ4n) is 1.61. The third-order valence-corrected chi connectivity index (χ3v) is 4.04. The zero-order valence-corrected chi connectivity index (χ0v) is 12.6. The van der Waals surface area contributed by atoms with Crippen LogP contribution >= 0.6 is 23.4 Å². The van der Waals surface area contributed by atoms with E-state index in [2.05, 4.69) is 34.6 Å². The lowest BCUT2D eigenvalue weighted by atomic mass is 10.2. The highest BCUT2D eigenvalue weighted by Crippen LogP contribution is 2.29. The molecule has 0 saturated carbocycles. The summed E-state index contributed by atoms with van der Waals surface area (Å²) >= 11 is 7.85. The summed E-state index contributed by atoms with van der Waals surface area (Å²) in [6.45, 7) is 3.96. The Hall–Kier alpha value is -1.04. The predicted octanol–water partition coefficient (Wildman–Crippen LogP) is 3.12. The van der Waals surface area contributed by atoms with Crippen molar-refractivity contribution in [2.75, 3.05) is 6.54 Å².